The molecule has 0 saturated heterocycles. The number of carbonyl (C=O) groups is 2. The lowest BCUT2D eigenvalue weighted by atomic mass is 10.1. The Morgan fingerprint density at radius 3 is 2.25 bits per heavy atom. The Kier molecular flexibility index (Phi) is 11.9. The summed E-state index contributed by atoms with van der Waals surface area (Å²) < 4.78 is 26.6. The predicted molar refractivity (Wildman–Crippen MR) is 155 cm³/mol. The Labute approximate surface area is 239 Å². The highest BCUT2D eigenvalue weighted by atomic mass is 32.1. The molecule has 0 fully saturated rings. The van der Waals surface area contributed by atoms with Crippen molar-refractivity contribution in [3.63, 3.8) is 0 Å². The zero-order chi connectivity index (χ0) is 28.9. The minimum absolute atomic E-state index is 0.120. The maximum absolute atomic E-state index is 13.6. The molecule has 0 aliphatic carbocycles. The number of rotatable bonds is 15. The van der Waals surface area contributed by atoms with E-state index in [4.69, 9.17) is 23.7 Å². The van der Waals surface area contributed by atoms with Crippen molar-refractivity contribution in [1.82, 2.24) is 9.80 Å². The number of ether oxygens (including phenoxy) is 5. The minimum atomic E-state index is -0.440. The molecule has 10 nitrogen and oxygen atoms in total. The molecule has 40 heavy (non-hydrogen) atoms. The van der Waals surface area contributed by atoms with Crippen LogP contribution in [0, 0.1) is 0 Å². The summed E-state index contributed by atoms with van der Waals surface area (Å²) in [4.78, 5) is 31.2. The molecule has 0 aliphatic rings. The SMILES string of the molecule is COCCN(CC(=O)N(CCc1ccc(OC)c(OC)c1)Cc1cccs1)C(=O)Nc1ccc(OC)cc1OC. The Morgan fingerprint density at radius 2 is 1.60 bits per heavy atom. The molecule has 3 rings (SSSR count). The van der Waals surface area contributed by atoms with Gasteiger partial charge in [-0.1, -0.05) is 12.1 Å². The van der Waals surface area contributed by atoms with E-state index >= 15 is 0 Å². The lowest BCUT2D eigenvalue weighted by molar-refractivity contribution is -0.132. The van der Waals surface area contributed by atoms with E-state index in [1.165, 1.54) is 12.0 Å². The Hall–Kier alpha value is -3.96. The second kappa shape index (κ2) is 15.6. The first-order valence-corrected chi connectivity index (χ1v) is 13.6. The molecule has 0 radical (unpaired) electrons. The van der Waals surface area contributed by atoms with E-state index in [0.29, 0.717) is 48.2 Å². The number of urea groups is 1. The van der Waals surface area contributed by atoms with Gasteiger partial charge < -0.3 is 38.8 Å². The Balaban J connectivity index is 1.76. The summed E-state index contributed by atoms with van der Waals surface area (Å²) in [6, 6.07) is 14.3. The first kappa shape index (κ1) is 30.6. The van der Waals surface area contributed by atoms with Crippen LogP contribution in [0.2, 0.25) is 0 Å². The molecule has 0 saturated carbocycles. The fourth-order valence-corrected chi connectivity index (χ4v) is 4.72. The van der Waals surface area contributed by atoms with Gasteiger partial charge in [0.2, 0.25) is 5.91 Å². The van der Waals surface area contributed by atoms with Crippen molar-refractivity contribution >= 4 is 29.0 Å². The number of hydrogen-bond acceptors (Lipinski definition) is 8. The van der Waals surface area contributed by atoms with Gasteiger partial charge in [0.25, 0.3) is 0 Å². The molecule has 1 N–H and O–H groups in total. The molecule has 1 aromatic heterocycles. The number of nitrogens with zero attached hydrogens (tertiary/aromatic N) is 2. The highest BCUT2D eigenvalue weighted by molar-refractivity contribution is 7.09. The molecule has 216 valence electrons. The van der Waals surface area contributed by atoms with E-state index < -0.39 is 6.03 Å². The Bertz CT molecular complexity index is 1240. The van der Waals surface area contributed by atoms with Crippen LogP contribution in [-0.4, -0.2) is 83.5 Å². The average molecular weight is 572 g/mol. The van der Waals surface area contributed by atoms with Crippen LogP contribution in [0.1, 0.15) is 10.4 Å². The fraction of sp³-hybridized carbons (Fsp3) is 0.379. The van der Waals surface area contributed by atoms with Crippen LogP contribution >= 0.6 is 11.3 Å². The largest absolute Gasteiger partial charge is 0.497 e. The fourth-order valence-electron chi connectivity index (χ4n) is 4.00. The van der Waals surface area contributed by atoms with Gasteiger partial charge in [-0.3, -0.25) is 4.79 Å². The number of nitrogens with one attached hydrogen (secondary N) is 1. The van der Waals surface area contributed by atoms with Gasteiger partial charge in [0.05, 0.1) is 47.3 Å². The standard InChI is InChI=1S/C29H37N3O7S/c1-35-15-14-32(29(34)30-24-10-9-22(36-2)18-26(24)38-4)20-28(33)31(19-23-7-6-16-40-23)13-12-21-8-11-25(37-3)27(17-21)39-5/h6-11,16-18H,12-15,19-20H2,1-5H3,(H,30,34). The van der Waals surface area contributed by atoms with Crippen molar-refractivity contribution in [1.29, 1.82) is 0 Å². The molecule has 0 atom stereocenters. The van der Waals surface area contributed by atoms with Gasteiger partial charge in [-0.15, -0.1) is 11.3 Å². The molecular formula is C29H37N3O7S. The molecule has 11 heteroatoms. The van der Waals surface area contributed by atoms with Crippen molar-refractivity contribution in [3.8, 4) is 23.0 Å². The third kappa shape index (κ3) is 8.52. The van der Waals surface area contributed by atoms with Crippen molar-refractivity contribution in [3.05, 3.63) is 64.4 Å². The highest BCUT2D eigenvalue weighted by Gasteiger charge is 2.23. The van der Waals surface area contributed by atoms with Crippen LogP contribution < -0.4 is 24.3 Å². The molecule has 3 amide bonds. The van der Waals surface area contributed by atoms with Crippen molar-refractivity contribution < 1.29 is 33.3 Å². The molecule has 2 aromatic carbocycles. The molecule has 0 aliphatic heterocycles. The summed E-state index contributed by atoms with van der Waals surface area (Å²) in [7, 11) is 7.80. The van der Waals surface area contributed by atoms with Gasteiger partial charge in [-0.25, -0.2) is 4.79 Å². The number of anilines is 1. The van der Waals surface area contributed by atoms with Crippen LogP contribution in [0.5, 0.6) is 23.0 Å². The molecule has 3 aromatic rings. The second-order valence-corrected chi connectivity index (χ2v) is 9.78. The van der Waals surface area contributed by atoms with Crippen molar-refractivity contribution in [2.45, 2.75) is 13.0 Å². The zero-order valence-corrected chi connectivity index (χ0v) is 24.4. The summed E-state index contributed by atoms with van der Waals surface area (Å²) in [6.45, 7) is 1.28. The average Bonchev–Trinajstić information content (AvgIpc) is 3.50. The van der Waals surface area contributed by atoms with E-state index in [2.05, 4.69) is 5.32 Å². The quantitative estimate of drug-likeness (QED) is 0.286. The van der Waals surface area contributed by atoms with Crippen molar-refractivity contribution in [2.75, 3.05) is 67.1 Å². The number of methoxy groups -OCH3 is 5. The van der Waals surface area contributed by atoms with E-state index in [1.807, 2.05) is 35.7 Å². The van der Waals surface area contributed by atoms with Crippen molar-refractivity contribution in [2.24, 2.45) is 0 Å². The third-order valence-corrected chi connectivity index (χ3v) is 7.09. The summed E-state index contributed by atoms with van der Waals surface area (Å²) in [5.74, 6) is 2.14. The van der Waals surface area contributed by atoms with E-state index in [0.717, 1.165) is 10.4 Å². The van der Waals surface area contributed by atoms with E-state index in [9.17, 15) is 9.59 Å². The monoisotopic (exact) mass is 571 g/mol. The molecule has 0 unspecified atom stereocenters. The van der Waals surface area contributed by atoms with Gasteiger partial charge in [-0.05, 0) is 47.7 Å². The maximum atomic E-state index is 13.6. The second-order valence-electron chi connectivity index (χ2n) is 8.74. The number of amides is 3. The van der Waals surface area contributed by atoms with Crippen LogP contribution in [0.3, 0.4) is 0 Å². The molecule has 1 heterocycles. The number of benzene rings is 2. The normalized spacial score (nSPS) is 10.5. The van der Waals surface area contributed by atoms with E-state index in [-0.39, 0.29) is 25.6 Å². The van der Waals surface area contributed by atoms with Gasteiger partial charge in [-0.2, -0.15) is 0 Å². The zero-order valence-electron chi connectivity index (χ0n) is 23.6. The number of thiophene rings is 1. The molecule has 0 spiro atoms. The number of hydrogen-bond donors (Lipinski definition) is 1. The molecule has 0 bridgehead atoms. The van der Waals surface area contributed by atoms with Crippen LogP contribution in [0.4, 0.5) is 10.5 Å². The molecular weight excluding hydrogens is 534 g/mol. The van der Waals surface area contributed by atoms with Gasteiger partial charge in [0, 0.05) is 31.1 Å². The first-order chi connectivity index (χ1) is 19.4. The minimum Gasteiger partial charge on any atom is -0.497 e. The smallest absolute Gasteiger partial charge is 0.322 e. The first-order valence-electron chi connectivity index (χ1n) is 12.7. The summed E-state index contributed by atoms with van der Waals surface area (Å²) in [5, 5.41) is 4.83. The van der Waals surface area contributed by atoms with Crippen LogP contribution in [-0.2, 0) is 22.5 Å². The third-order valence-electron chi connectivity index (χ3n) is 6.23. The maximum Gasteiger partial charge on any atom is 0.322 e. The van der Waals surface area contributed by atoms with Gasteiger partial charge >= 0.3 is 6.03 Å². The summed E-state index contributed by atoms with van der Waals surface area (Å²) in [6.07, 6.45) is 0.602. The Morgan fingerprint density at radius 1 is 0.825 bits per heavy atom. The lowest BCUT2D eigenvalue weighted by Gasteiger charge is -2.28. The number of carbonyl (C=O) groups excluding carboxylic acids is 2. The van der Waals surface area contributed by atoms with Crippen LogP contribution in [0.25, 0.3) is 0 Å². The summed E-state index contributed by atoms with van der Waals surface area (Å²) >= 11 is 1.58. The lowest BCUT2D eigenvalue weighted by Crippen LogP contribution is -2.46. The van der Waals surface area contributed by atoms with E-state index in [1.54, 1.807) is 62.9 Å². The highest BCUT2D eigenvalue weighted by Crippen LogP contribution is 2.30. The van der Waals surface area contributed by atoms with Gasteiger partial charge in [0.15, 0.2) is 11.5 Å². The van der Waals surface area contributed by atoms with Crippen LogP contribution in [0.15, 0.2) is 53.9 Å². The predicted octanol–water partition coefficient (Wildman–Crippen LogP) is 4.53. The topological polar surface area (TPSA) is 98.8 Å². The summed E-state index contributed by atoms with van der Waals surface area (Å²) in [5.41, 5.74) is 1.47. The van der Waals surface area contributed by atoms with Gasteiger partial charge in [0.1, 0.15) is 18.0 Å².